The normalized spacial score (nSPS) is 10.4. The van der Waals surface area contributed by atoms with Crippen LogP contribution in [0.15, 0.2) is 46.9 Å². The number of carboxylic acids is 1. The summed E-state index contributed by atoms with van der Waals surface area (Å²) in [6, 6.07) is 13.3. The van der Waals surface area contributed by atoms with Crippen molar-refractivity contribution in [2.45, 2.75) is 13.5 Å². The molecule has 5 heteroatoms. The van der Waals surface area contributed by atoms with Gasteiger partial charge in [-0.15, -0.1) is 0 Å². The maximum absolute atomic E-state index is 11.1. The minimum absolute atomic E-state index is 0.0674. The molecule has 2 rings (SSSR count). The topological polar surface area (TPSA) is 40.5 Å². The van der Waals surface area contributed by atoms with E-state index >= 15 is 0 Å². The van der Waals surface area contributed by atoms with E-state index in [1.807, 2.05) is 43.3 Å². The Bertz CT molecular complexity index is 643. The molecule has 0 bridgehead atoms. The quantitative estimate of drug-likeness (QED) is 0.844. The summed E-state index contributed by atoms with van der Waals surface area (Å²) in [4.78, 5) is 12.9. The van der Waals surface area contributed by atoms with Crippen LogP contribution in [0.1, 0.15) is 11.1 Å². The lowest BCUT2D eigenvalue weighted by molar-refractivity contribution is -0.135. The SMILES string of the molecule is Cc1ccc(N(CC(=O)O)Cc2cc(Cl)ccc2Br)cc1. The van der Waals surface area contributed by atoms with Crippen LogP contribution in [-0.2, 0) is 11.3 Å². The lowest BCUT2D eigenvalue weighted by Crippen LogP contribution is -2.29. The Kier molecular flexibility index (Phi) is 5.26. The van der Waals surface area contributed by atoms with E-state index in [1.54, 1.807) is 11.0 Å². The van der Waals surface area contributed by atoms with Crippen LogP contribution >= 0.6 is 27.5 Å². The zero-order valence-electron chi connectivity index (χ0n) is 11.5. The summed E-state index contributed by atoms with van der Waals surface area (Å²) < 4.78 is 0.911. The minimum Gasteiger partial charge on any atom is -0.480 e. The third-order valence-electron chi connectivity index (χ3n) is 3.09. The van der Waals surface area contributed by atoms with E-state index in [0.717, 1.165) is 21.3 Å². The maximum atomic E-state index is 11.1. The monoisotopic (exact) mass is 367 g/mol. The van der Waals surface area contributed by atoms with Gasteiger partial charge < -0.3 is 10.0 Å². The largest absolute Gasteiger partial charge is 0.480 e. The van der Waals surface area contributed by atoms with E-state index in [0.29, 0.717) is 11.6 Å². The van der Waals surface area contributed by atoms with Crippen LogP contribution in [0, 0.1) is 6.92 Å². The predicted octanol–water partition coefficient (Wildman–Crippen LogP) is 4.50. The molecular formula is C16H15BrClNO2. The second kappa shape index (κ2) is 6.96. The third kappa shape index (κ3) is 4.48. The first kappa shape index (κ1) is 15.9. The van der Waals surface area contributed by atoms with E-state index in [1.165, 1.54) is 0 Å². The van der Waals surface area contributed by atoms with Gasteiger partial charge in [-0.2, -0.15) is 0 Å². The summed E-state index contributed by atoms with van der Waals surface area (Å²) in [7, 11) is 0. The molecule has 2 aromatic carbocycles. The van der Waals surface area contributed by atoms with Gasteiger partial charge in [0.05, 0.1) is 0 Å². The number of halogens is 2. The van der Waals surface area contributed by atoms with Crippen molar-refractivity contribution in [2.75, 3.05) is 11.4 Å². The summed E-state index contributed by atoms with van der Waals surface area (Å²) in [6.07, 6.45) is 0. The number of carbonyl (C=O) groups is 1. The molecule has 0 amide bonds. The van der Waals surface area contributed by atoms with Crippen LogP contribution < -0.4 is 4.90 Å². The van der Waals surface area contributed by atoms with Crippen molar-refractivity contribution in [2.24, 2.45) is 0 Å². The lowest BCUT2D eigenvalue weighted by atomic mass is 10.1. The number of hydrogen-bond donors (Lipinski definition) is 1. The zero-order chi connectivity index (χ0) is 15.4. The molecule has 0 radical (unpaired) electrons. The molecule has 3 nitrogen and oxygen atoms in total. The molecule has 2 aromatic rings. The van der Waals surface area contributed by atoms with Gasteiger partial charge in [0.15, 0.2) is 0 Å². The average Bonchev–Trinajstić information content (AvgIpc) is 2.42. The number of aryl methyl sites for hydroxylation is 1. The molecule has 110 valence electrons. The Hall–Kier alpha value is -1.52. The summed E-state index contributed by atoms with van der Waals surface area (Å²) in [5.74, 6) is -0.867. The van der Waals surface area contributed by atoms with Gasteiger partial charge in [0.1, 0.15) is 6.54 Å². The first-order valence-electron chi connectivity index (χ1n) is 6.43. The Labute approximate surface area is 137 Å². The molecule has 0 fully saturated rings. The summed E-state index contributed by atoms with van der Waals surface area (Å²) in [5.41, 5.74) is 2.96. The van der Waals surface area contributed by atoms with E-state index in [-0.39, 0.29) is 6.54 Å². The van der Waals surface area contributed by atoms with Crippen molar-refractivity contribution in [1.82, 2.24) is 0 Å². The molecule has 0 aliphatic carbocycles. The lowest BCUT2D eigenvalue weighted by Gasteiger charge is -2.24. The van der Waals surface area contributed by atoms with Crippen LogP contribution in [-0.4, -0.2) is 17.6 Å². The highest BCUT2D eigenvalue weighted by atomic mass is 79.9. The molecule has 0 aliphatic heterocycles. The van der Waals surface area contributed by atoms with Crippen molar-refractivity contribution in [3.63, 3.8) is 0 Å². The zero-order valence-corrected chi connectivity index (χ0v) is 13.9. The van der Waals surface area contributed by atoms with Gasteiger partial charge in [0, 0.05) is 21.7 Å². The highest BCUT2D eigenvalue weighted by Gasteiger charge is 2.13. The number of rotatable bonds is 5. The minimum atomic E-state index is -0.867. The van der Waals surface area contributed by atoms with E-state index in [4.69, 9.17) is 16.7 Å². The van der Waals surface area contributed by atoms with Crippen LogP contribution in [0.4, 0.5) is 5.69 Å². The average molecular weight is 369 g/mol. The number of carboxylic acid groups (broad SMARTS) is 1. The van der Waals surface area contributed by atoms with Gasteiger partial charge in [0.25, 0.3) is 0 Å². The smallest absolute Gasteiger partial charge is 0.323 e. The van der Waals surface area contributed by atoms with E-state index < -0.39 is 5.97 Å². The second-order valence-electron chi connectivity index (χ2n) is 4.82. The summed E-state index contributed by atoms with van der Waals surface area (Å²) in [5, 5.41) is 9.75. The summed E-state index contributed by atoms with van der Waals surface area (Å²) >= 11 is 9.49. The standard InChI is InChI=1S/C16H15BrClNO2/c1-11-2-5-14(6-3-11)19(10-16(20)21)9-12-8-13(18)4-7-15(12)17/h2-8H,9-10H2,1H3,(H,20,21). The van der Waals surface area contributed by atoms with Crippen molar-refractivity contribution in [1.29, 1.82) is 0 Å². The Morgan fingerprint density at radius 1 is 1.24 bits per heavy atom. The molecule has 0 aliphatic rings. The van der Waals surface area contributed by atoms with Gasteiger partial charge in [0.2, 0.25) is 0 Å². The Morgan fingerprint density at radius 2 is 1.90 bits per heavy atom. The number of nitrogens with zero attached hydrogens (tertiary/aromatic N) is 1. The van der Waals surface area contributed by atoms with E-state index in [9.17, 15) is 4.79 Å². The van der Waals surface area contributed by atoms with Crippen LogP contribution in [0.2, 0.25) is 5.02 Å². The second-order valence-corrected chi connectivity index (χ2v) is 6.11. The highest BCUT2D eigenvalue weighted by molar-refractivity contribution is 9.10. The molecule has 0 saturated heterocycles. The van der Waals surface area contributed by atoms with Crippen molar-refractivity contribution >= 4 is 39.2 Å². The first-order valence-corrected chi connectivity index (χ1v) is 7.60. The van der Waals surface area contributed by atoms with Gasteiger partial charge in [-0.25, -0.2) is 0 Å². The number of aliphatic carboxylic acids is 1. The van der Waals surface area contributed by atoms with Crippen molar-refractivity contribution in [3.05, 3.63) is 63.1 Å². The van der Waals surface area contributed by atoms with Crippen LogP contribution in [0.25, 0.3) is 0 Å². The molecule has 0 saturated carbocycles. The molecule has 21 heavy (non-hydrogen) atoms. The van der Waals surface area contributed by atoms with Gasteiger partial charge in [-0.1, -0.05) is 45.2 Å². The molecular weight excluding hydrogens is 354 g/mol. The van der Waals surface area contributed by atoms with Crippen molar-refractivity contribution in [3.8, 4) is 0 Å². The predicted molar refractivity (Wildman–Crippen MR) is 89.0 cm³/mol. The highest BCUT2D eigenvalue weighted by Crippen LogP contribution is 2.25. The van der Waals surface area contributed by atoms with E-state index in [2.05, 4.69) is 15.9 Å². The third-order valence-corrected chi connectivity index (χ3v) is 4.10. The van der Waals surface area contributed by atoms with Gasteiger partial charge in [-0.05, 0) is 42.8 Å². The van der Waals surface area contributed by atoms with Crippen molar-refractivity contribution < 1.29 is 9.90 Å². The Morgan fingerprint density at radius 3 is 2.52 bits per heavy atom. The molecule has 0 aromatic heterocycles. The maximum Gasteiger partial charge on any atom is 0.323 e. The number of benzene rings is 2. The molecule has 0 spiro atoms. The van der Waals surface area contributed by atoms with Crippen LogP contribution in [0.5, 0.6) is 0 Å². The van der Waals surface area contributed by atoms with Gasteiger partial charge >= 0.3 is 5.97 Å². The fourth-order valence-corrected chi connectivity index (χ4v) is 2.59. The van der Waals surface area contributed by atoms with Crippen LogP contribution in [0.3, 0.4) is 0 Å². The molecule has 0 unspecified atom stereocenters. The molecule has 1 N–H and O–H groups in total. The number of anilines is 1. The first-order chi connectivity index (χ1) is 9.95. The fourth-order valence-electron chi connectivity index (χ4n) is 2.03. The van der Waals surface area contributed by atoms with Gasteiger partial charge in [-0.3, -0.25) is 4.79 Å². The Balaban J connectivity index is 2.30. The number of hydrogen-bond acceptors (Lipinski definition) is 2. The molecule has 0 heterocycles. The fraction of sp³-hybridized carbons (Fsp3) is 0.188. The molecule has 0 atom stereocenters. The summed E-state index contributed by atoms with van der Waals surface area (Å²) in [6.45, 7) is 2.40.